The Labute approximate surface area is 82.9 Å². The van der Waals surface area contributed by atoms with Crippen molar-refractivity contribution in [3.05, 3.63) is 18.0 Å². The molecule has 0 unspecified atom stereocenters. The molecule has 1 atom stereocenters. The molecule has 1 fully saturated rings. The van der Waals surface area contributed by atoms with E-state index < -0.39 is 0 Å². The maximum Gasteiger partial charge on any atom is 0.162 e. The summed E-state index contributed by atoms with van der Waals surface area (Å²) in [5.74, 6) is 0.619. The van der Waals surface area contributed by atoms with Crippen LogP contribution in [0.5, 0.6) is 0 Å². The standard InChI is InChI=1S/C10H14N2O2/c1-8(13)10-4-11-12(6-10)5-9-2-3-14-7-9/h4,6,9H,2-3,5,7H2,1H3/t9-/m0/s1. The van der Waals surface area contributed by atoms with Gasteiger partial charge in [0.25, 0.3) is 0 Å². The van der Waals surface area contributed by atoms with Crippen LogP contribution >= 0.6 is 0 Å². The largest absolute Gasteiger partial charge is 0.381 e. The third-order valence-electron chi connectivity index (χ3n) is 2.51. The number of ketones is 1. The van der Waals surface area contributed by atoms with Crippen LogP contribution in [-0.2, 0) is 11.3 Å². The number of aromatic nitrogens is 2. The molecule has 1 saturated heterocycles. The van der Waals surface area contributed by atoms with E-state index >= 15 is 0 Å². The first-order chi connectivity index (χ1) is 6.75. The van der Waals surface area contributed by atoms with Gasteiger partial charge in [-0.05, 0) is 13.3 Å². The summed E-state index contributed by atoms with van der Waals surface area (Å²) in [5.41, 5.74) is 0.684. The summed E-state index contributed by atoms with van der Waals surface area (Å²) in [6.45, 7) is 4.08. The zero-order chi connectivity index (χ0) is 9.97. The lowest BCUT2D eigenvalue weighted by molar-refractivity contribution is 0.101. The Bertz CT molecular complexity index is 327. The number of ether oxygens (including phenoxy) is 1. The highest BCUT2D eigenvalue weighted by Gasteiger charge is 2.16. The van der Waals surface area contributed by atoms with Gasteiger partial charge in [0.15, 0.2) is 5.78 Å². The smallest absolute Gasteiger partial charge is 0.162 e. The molecule has 76 valence electrons. The van der Waals surface area contributed by atoms with E-state index in [1.807, 2.05) is 4.68 Å². The van der Waals surface area contributed by atoms with E-state index in [-0.39, 0.29) is 5.78 Å². The maximum absolute atomic E-state index is 11.0. The van der Waals surface area contributed by atoms with Crippen molar-refractivity contribution in [2.24, 2.45) is 5.92 Å². The van der Waals surface area contributed by atoms with Gasteiger partial charge in [-0.2, -0.15) is 5.10 Å². The number of nitrogens with zero attached hydrogens (tertiary/aromatic N) is 2. The second-order valence-corrected chi connectivity index (χ2v) is 3.74. The third kappa shape index (κ3) is 2.01. The average molecular weight is 194 g/mol. The molecule has 0 bridgehead atoms. The number of hydrogen-bond acceptors (Lipinski definition) is 3. The van der Waals surface area contributed by atoms with Gasteiger partial charge in [0, 0.05) is 25.3 Å². The summed E-state index contributed by atoms with van der Waals surface area (Å²) in [4.78, 5) is 11.0. The molecule has 0 aromatic carbocycles. The van der Waals surface area contributed by atoms with Crippen LogP contribution in [0.4, 0.5) is 0 Å². The average Bonchev–Trinajstić information content (AvgIpc) is 2.75. The van der Waals surface area contributed by atoms with Crippen molar-refractivity contribution in [1.29, 1.82) is 0 Å². The number of rotatable bonds is 3. The first-order valence-electron chi connectivity index (χ1n) is 4.87. The summed E-state index contributed by atoms with van der Waals surface area (Å²) in [7, 11) is 0. The predicted octanol–water partition coefficient (Wildman–Crippen LogP) is 1.12. The van der Waals surface area contributed by atoms with Crippen LogP contribution in [0.3, 0.4) is 0 Å². The van der Waals surface area contributed by atoms with E-state index in [9.17, 15) is 4.79 Å². The van der Waals surface area contributed by atoms with Gasteiger partial charge < -0.3 is 4.74 Å². The predicted molar refractivity (Wildman–Crippen MR) is 51.2 cm³/mol. The number of carbonyl (C=O) groups excluding carboxylic acids is 1. The Hall–Kier alpha value is -1.16. The normalized spacial score (nSPS) is 21.4. The van der Waals surface area contributed by atoms with Crippen LogP contribution in [0, 0.1) is 5.92 Å². The van der Waals surface area contributed by atoms with Crippen LogP contribution in [-0.4, -0.2) is 28.8 Å². The molecule has 0 radical (unpaired) electrons. The van der Waals surface area contributed by atoms with Crippen LogP contribution in [0.1, 0.15) is 23.7 Å². The summed E-state index contributed by atoms with van der Waals surface area (Å²) in [6, 6.07) is 0. The Morgan fingerprint density at radius 3 is 3.21 bits per heavy atom. The van der Waals surface area contributed by atoms with Crippen molar-refractivity contribution in [3.63, 3.8) is 0 Å². The molecule has 1 aromatic heterocycles. The highest BCUT2D eigenvalue weighted by molar-refractivity contribution is 5.93. The van der Waals surface area contributed by atoms with Gasteiger partial charge in [0.1, 0.15) is 0 Å². The first kappa shape index (κ1) is 9.40. The van der Waals surface area contributed by atoms with Gasteiger partial charge in [0.05, 0.1) is 18.4 Å². The molecule has 0 amide bonds. The molecular weight excluding hydrogens is 180 g/mol. The van der Waals surface area contributed by atoms with Crippen LogP contribution in [0.25, 0.3) is 0 Å². The second kappa shape index (κ2) is 3.92. The molecule has 0 aliphatic carbocycles. The number of carbonyl (C=O) groups is 1. The van der Waals surface area contributed by atoms with Crippen molar-refractivity contribution in [1.82, 2.24) is 9.78 Å². The quantitative estimate of drug-likeness (QED) is 0.677. The Balaban J connectivity index is 1.98. The van der Waals surface area contributed by atoms with Gasteiger partial charge in [0.2, 0.25) is 0 Å². The fourth-order valence-corrected chi connectivity index (χ4v) is 1.64. The topological polar surface area (TPSA) is 44.1 Å². The lowest BCUT2D eigenvalue weighted by atomic mass is 10.1. The monoisotopic (exact) mass is 194 g/mol. The molecule has 0 N–H and O–H groups in total. The molecule has 14 heavy (non-hydrogen) atoms. The fourth-order valence-electron chi connectivity index (χ4n) is 1.64. The van der Waals surface area contributed by atoms with Crippen molar-refractivity contribution in [3.8, 4) is 0 Å². The SMILES string of the molecule is CC(=O)c1cnn(C[C@@H]2CCOC2)c1. The molecule has 2 heterocycles. The van der Waals surface area contributed by atoms with E-state index in [0.29, 0.717) is 11.5 Å². The molecule has 4 nitrogen and oxygen atoms in total. The van der Waals surface area contributed by atoms with Crippen molar-refractivity contribution in [2.45, 2.75) is 19.9 Å². The Morgan fingerprint density at radius 1 is 1.79 bits per heavy atom. The Kier molecular flexibility index (Phi) is 2.63. The maximum atomic E-state index is 11.0. The van der Waals surface area contributed by atoms with Gasteiger partial charge >= 0.3 is 0 Å². The van der Waals surface area contributed by atoms with Gasteiger partial charge in [-0.3, -0.25) is 9.48 Å². The van der Waals surface area contributed by atoms with Crippen LogP contribution < -0.4 is 0 Å². The minimum absolute atomic E-state index is 0.0684. The zero-order valence-corrected chi connectivity index (χ0v) is 8.27. The van der Waals surface area contributed by atoms with Crippen LogP contribution in [0.15, 0.2) is 12.4 Å². The van der Waals surface area contributed by atoms with Crippen LogP contribution in [0.2, 0.25) is 0 Å². The fraction of sp³-hybridized carbons (Fsp3) is 0.600. The summed E-state index contributed by atoms with van der Waals surface area (Å²) in [6.07, 6.45) is 4.52. The zero-order valence-electron chi connectivity index (χ0n) is 8.27. The molecule has 0 saturated carbocycles. The second-order valence-electron chi connectivity index (χ2n) is 3.74. The van der Waals surface area contributed by atoms with Gasteiger partial charge in [-0.1, -0.05) is 0 Å². The minimum Gasteiger partial charge on any atom is -0.381 e. The van der Waals surface area contributed by atoms with E-state index in [0.717, 1.165) is 26.2 Å². The first-order valence-corrected chi connectivity index (χ1v) is 4.87. The summed E-state index contributed by atoms with van der Waals surface area (Å²) < 4.78 is 7.10. The molecule has 1 aromatic rings. The molecule has 1 aliphatic heterocycles. The van der Waals surface area contributed by atoms with Crippen molar-refractivity contribution < 1.29 is 9.53 Å². The third-order valence-corrected chi connectivity index (χ3v) is 2.51. The van der Waals surface area contributed by atoms with Gasteiger partial charge in [-0.15, -0.1) is 0 Å². The van der Waals surface area contributed by atoms with E-state index in [1.165, 1.54) is 0 Å². The van der Waals surface area contributed by atoms with E-state index in [1.54, 1.807) is 19.3 Å². The molecule has 4 heteroatoms. The van der Waals surface area contributed by atoms with Gasteiger partial charge in [-0.25, -0.2) is 0 Å². The van der Waals surface area contributed by atoms with Crippen molar-refractivity contribution >= 4 is 5.78 Å². The highest BCUT2D eigenvalue weighted by Crippen LogP contribution is 2.14. The lowest BCUT2D eigenvalue weighted by Crippen LogP contribution is -2.10. The molecule has 0 spiro atoms. The number of Topliss-reactive ketones (excluding diaryl/α,β-unsaturated/α-hetero) is 1. The number of hydrogen-bond donors (Lipinski definition) is 0. The molecule has 1 aliphatic rings. The lowest BCUT2D eigenvalue weighted by Gasteiger charge is -2.06. The van der Waals surface area contributed by atoms with Crippen molar-refractivity contribution in [2.75, 3.05) is 13.2 Å². The van der Waals surface area contributed by atoms with E-state index in [4.69, 9.17) is 4.74 Å². The Morgan fingerprint density at radius 2 is 2.64 bits per heavy atom. The van der Waals surface area contributed by atoms with E-state index in [2.05, 4.69) is 5.10 Å². The summed E-state index contributed by atoms with van der Waals surface area (Å²) >= 11 is 0. The highest BCUT2D eigenvalue weighted by atomic mass is 16.5. The molecular formula is C10H14N2O2. The molecule has 2 rings (SSSR count). The summed E-state index contributed by atoms with van der Waals surface area (Å²) in [5, 5.41) is 4.14. The minimum atomic E-state index is 0.0684.